The van der Waals surface area contributed by atoms with Gasteiger partial charge < -0.3 is 19.1 Å². The lowest BCUT2D eigenvalue weighted by Gasteiger charge is -2.29. The summed E-state index contributed by atoms with van der Waals surface area (Å²) in [6, 6.07) is 0.110. The van der Waals surface area contributed by atoms with Crippen molar-refractivity contribution in [2.75, 3.05) is 23.0 Å². The fourth-order valence-corrected chi connectivity index (χ4v) is 2.89. The van der Waals surface area contributed by atoms with Crippen LogP contribution in [0.15, 0.2) is 6.20 Å². The van der Waals surface area contributed by atoms with Crippen molar-refractivity contribution >= 4 is 24.0 Å². The zero-order valence-corrected chi connectivity index (χ0v) is 17.6. The van der Waals surface area contributed by atoms with Gasteiger partial charge in [0.05, 0.1) is 24.9 Å². The summed E-state index contributed by atoms with van der Waals surface area (Å²) in [7, 11) is 0. The van der Waals surface area contributed by atoms with Crippen LogP contribution in [-0.4, -0.2) is 58.7 Å². The Morgan fingerprint density at radius 3 is 2.31 bits per heavy atom. The number of fused-ring (bicyclic) bond motifs is 1. The van der Waals surface area contributed by atoms with E-state index in [9.17, 15) is 14.0 Å². The minimum absolute atomic E-state index is 0.105. The maximum Gasteiger partial charge on any atom is 0.425 e. The van der Waals surface area contributed by atoms with Crippen molar-refractivity contribution in [1.29, 1.82) is 0 Å². The van der Waals surface area contributed by atoms with Gasteiger partial charge in [0, 0.05) is 6.54 Å². The first kappa shape index (κ1) is 21.2. The zero-order valence-electron chi connectivity index (χ0n) is 17.6. The van der Waals surface area contributed by atoms with E-state index in [2.05, 4.69) is 9.97 Å². The van der Waals surface area contributed by atoms with Crippen LogP contribution < -0.4 is 9.80 Å². The molecule has 1 aromatic heterocycles. The van der Waals surface area contributed by atoms with Crippen LogP contribution in [0.25, 0.3) is 0 Å². The molecule has 29 heavy (non-hydrogen) atoms. The molecule has 0 bridgehead atoms. The van der Waals surface area contributed by atoms with Gasteiger partial charge in [-0.15, -0.1) is 0 Å². The number of anilines is 2. The Hall–Kier alpha value is -2.49. The van der Waals surface area contributed by atoms with Crippen LogP contribution in [-0.2, 0) is 14.2 Å². The van der Waals surface area contributed by atoms with E-state index in [1.807, 2.05) is 4.90 Å². The Morgan fingerprint density at radius 1 is 1.17 bits per heavy atom. The van der Waals surface area contributed by atoms with E-state index in [4.69, 9.17) is 14.2 Å². The second kappa shape index (κ2) is 7.40. The van der Waals surface area contributed by atoms with Gasteiger partial charge in [0.1, 0.15) is 11.2 Å². The van der Waals surface area contributed by atoms with Crippen LogP contribution in [0, 0.1) is 5.82 Å². The highest BCUT2D eigenvalue weighted by atomic mass is 19.1. The molecule has 1 aliphatic heterocycles. The van der Waals surface area contributed by atoms with Crippen LogP contribution in [0.1, 0.15) is 48.0 Å². The smallest absolute Gasteiger partial charge is 0.425 e. The molecule has 10 heteroatoms. The quantitative estimate of drug-likeness (QED) is 0.733. The number of halogens is 1. The molecule has 2 atom stereocenters. The van der Waals surface area contributed by atoms with E-state index in [1.165, 1.54) is 0 Å². The highest BCUT2D eigenvalue weighted by molar-refractivity contribution is 6.08. The number of aromatic nitrogens is 2. The third kappa shape index (κ3) is 5.11. The van der Waals surface area contributed by atoms with Gasteiger partial charge >= 0.3 is 12.2 Å². The summed E-state index contributed by atoms with van der Waals surface area (Å²) in [5.74, 6) is -1.23. The van der Waals surface area contributed by atoms with Gasteiger partial charge in [-0.25, -0.2) is 19.0 Å². The molecule has 0 N–H and O–H groups in total. The van der Waals surface area contributed by atoms with Crippen molar-refractivity contribution in [2.24, 2.45) is 0 Å². The summed E-state index contributed by atoms with van der Waals surface area (Å²) in [5.41, 5.74) is -1.82. The summed E-state index contributed by atoms with van der Waals surface area (Å²) in [4.78, 5) is 36.1. The van der Waals surface area contributed by atoms with Crippen LogP contribution in [0.3, 0.4) is 0 Å². The lowest BCUT2D eigenvalue weighted by atomic mass is 10.2. The third-order valence-corrected chi connectivity index (χ3v) is 4.10. The summed E-state index contributed by atoms with van der Waals surface area (Å²) in [6.45, 7) is 10.9. The molecule has 0 aromatic carbocycles. The van der Waals surface area contributed by atoms with E-state index < -0.39 is 35.0 Å². The number of amides is 2. The van der Waals surface area contributed by atoms with Gasteiger partial charge in [-0.1, -0.05) is 0 Å². The fourth-order valence-electron chi connectivity index (χ4n) is 2.89. The van der Waals surface area contributed by atoms with Gasteiger partial charge in [-0.2, -0.15) is 9.88 Å². The lowest BCUT2D eigenvalue weighted by molar-refractivity contribution is 0.0427. The van der Waals surface area contributed by atoms with Crippen LogP contribution >= 0.6 is 0 Å². The molecular weight excluding hydrogens is 383 g/mol. The number of nitrogens with zero attached hydrogens (tertiary/aromatic N) is 4. The number of carbonyl (C=O) groups is 2. The Bertz CT molecular complexity index is 777. The predicted molar refractivity (Wildman–Crippen MR) is 102 cm³/mol. The lowest BCUT2D eigenvalue weighted by Crippen LogP contribution is -2.45. The van der Waals surface area contributed by atoms with Crippen molar-refractivity contribution in [3.63, 3.8) is 0 Å². The molecule has 9 nitrogen and oxygen atoms in total. The number of hydrogen-bond acceptors (Lipinski definition) is 8. The standard InChI is InChI=1S/C19H27FN4O5/c1-18(2,3)28-16(25)24(17(26)29-19(4,5)6)14-11(20)10-21-15(22-14)23-7-8-27-13-9-12(13)23/h10,12-13H,7-9H2,1-6H3. The Balaban J connectivity index is 1.96. The summed E-state index contributed by atoms with van der Waals surface area (Å²) < 4.78 is 30.8. The average molecular weight is 410 g/mol. The molecule has 1 aromatic rings. The largest absolute Gasteiger partial charge is 0.443 e. The molecule has 3 rings (SSSR count). The Kier molecular flexibility index (Phi) is 5.42. The summed E-state index contributed by atoms with van der Waals surface area (Å²) >= 11 is 0. The maximum absolute atomic E-state index is 14.7. The molecule has 1 saturated carbocycles. The van der Waals surface area contributed by atoms with E-state index in [1.54, 1.807) is 41.5 Å². The van der Waals surface area contributed by atoms with Gasteiger partial charge in [0.2, 0.25) is 5.95 Å². The van der Waals surface area contributed by atoms with Crippen molar-refractivity contribution < 1.29 is 28.2 Å². The summed E-state index contributed by atoms with van der Waals surface area (Å²) in [6.07, 6.45) is -0.290. The summed E-state index contributed by atoms with van der Waals surface area (Å²) in [5, 5.41) is 0. The second-order valence-electron chi connectivity index (χ2n) is 9.04. The molecule has 2 aliphatic rings. The topological polar surface area (TPSA) is 94.1 Å². The molecule has 160 valence electrons. The molecule has 2 fully saturated rings. The Labute approximate surface area is 169 Å². The second-order valence-corrected chi connectivity index (χ2v) is 9.04. The zero-order chi connectivity index (χ0) is 21.6. The predicted octanol–water partition coefficient (Wildman–Crippen LogP) is 3.27. The number of morpholine rings is 1. The van der Waals surface area contributed by atoms with E-state index in [0.29, 0.717) is 18.1 Å². The first-order valence-corrected chi connectivity index (χ1v) is 9.52. The number of imide groups is 1. The Morgan fingerprint density at radius 2 is 1.76 bits per heavy atom. The number of rotatable bonds is 2. The SMILES string of the molecule is CC(C)(C)OC(=O)N(C(=O)OC(C)(C)C)c1nc(N2CCOC3CC32)ncc1F. The van der Waals surface area contributed by atoms with Gasteiger partial charge in [-0.05, 0) is 48.0 Å². The minimum atomic E-state index is -1.08. The first-order valence-electron chi connectivity index (χ1n) is 9.52. The van der Waals surface area contributed by atoms with Crippen LogP contribution in [0.5, 0.6) is 0 Å². The van der Waals surface area contributed by atoms with Crippen molar-refractivity contribution in [1.82, 2.24) is 9.97 Å². The van der Waals surface area contributed by atoms with E-state index in [0.717, 1.165) is 12.6 Å². The fraction of sp³-hybridized carbons (Fsp3) is 0.684. The van der Waals surface area contributed by atoms with E-state index >= 15 is 0 Å². The molecule has 1 saturated heterocycles. The van der Waals surface area contributed by atoms with Gasteiger partial charge in [-0.3, -0.25) is 0 Å². The monoisotopic (exact) mass is 410 g/mol. The normalized spacial score (nSPS) is 21.3. The number of hydrogen-bond donors (Lipinski definition) is 0. The van der Waals surface area contributed by atoms with Crippen LogP contribution in [0.2, 0.25) is 0 Å². The van der Waals surface area contributed by atoms with Gasteiger partial charge in [0.25, 0.3) is 0 Å². The van der Waals surface area contributed by atoms with Gasteiger partial charge in [0.15, 0.2) is 11.6 Å². The highest BCUT2D eigenvalue weighted by Gasteiger charge is 2.47. The highest BCUT2D eigenvalue weighted by Crippen LogP contribution is 2.37. The number of ether oxygens (including phenoxy) is 3. The van der Waals surface area contributed by atoms with E-state index in [-0.39, 0.29) is 18.1 Å². The van der Waals surface area contributed by atoms with Crippen molar-refractivity contribution in [3.05, 3.63) is 12.0 Å². The molecule has 2 heterocycles. The molecule has 2 amide bonds. The molecule has 0 spiro atoms. The van der Waals surface area contributed by atoms with Crippen LogP contribution in [0.4, 0.5) is 25.7 Å². The molecular formula is C19H27FN4O5. The molecule has 0 radical (unpaired) electrons. The first-order chi connectivity index (χ1) is 13.4. The molecule has 1 aliphatic carbocycles. The minimum Gasteiger partial charge on any atom is -0.443 e. The maximum atomic E-state index is 14.7. The number of carbonyl (C=O) groups excluding carboxylic acids is 2. The van der Waals surface area contributed by atoms with Crippen molar-refractivity contribution in [3.8, 4) is 0 Å². The van der Waals surface area contributed by atoms with Crippen molar-refractivity contribution in [2.45, 2.75) is 71.3 Å². The third-order valence-electron chi connectivity index (χ3n) is 4.10. The average Bonchev–Trinajstić information content (AvgIpc) is 3.33. The molecule has 2 unspecified atom stereocenters.